The maximum atomic E-state index is 5.00. The van der Waals surface area contributed by atoms with Gasteiger partial charge in [-0.25, -0.2) is 4.98 Å². The maximum absolute atomic E-state index is 5.00. The molecule has 0 bridgehead atoms. The van der Waals surface area contributed by atoms with E-state index in [1.54, 1.807) is 0 Å². The van der Waals surface area contributed by atoms with Gasteiger partial charge in [0.1, 0.15) is 5.82 Å². The van der Waals surface area contributed by atoms with Gasteiger partial charge in [-0.3, -0.25) is 4.57 Å². The summed E-state index contributed by atoms with van der Waals surface area (Å²) < 4.78 is 2.25. The fraction of sp³-hybridized carbons (Fsp3) is 0.240. The first-order valence-corrected chi connectivity index (χ1v) is 10.2. The van der Waals surface area contributed by atoms with Gasteiger partial charge in [0.2, 0.25) is 0 Å². The number of imidazole rings is 1. The minimum absolute atomic E-state index is 0.974. The molecule has 28 heavy (non-hydrogen) atoms. The molecule has 142 valence electrons. The smallest absolute Gasteiger partial charge is 0.145 e. The summed E-state index contributed by atoms with van der Waals surface area (Å²) in [4.78, 5) is 5.00. The zero-order chi connectivity index (χ0) is 19.2. The van der Waals surface area contributed by atoms with Crippen molar-refractivity contribution in [1.82, 2.24) is 9.55 Å². The predicted molar refractivity (Wildman–Crippen MR) is 119 cm³/mol. The molecule has 0 amide bonds. The van der Waals surface area contributed by atoms with Gasteiger partial charge in [-0.05, 0) is 36.8 Å². The van der Waals surface area contributed by atoms with Crippen LogP contribution in [0.1, 0.15) is 32.6 Å². The molecule has 0 spiro atoms. The van der Waals surface area contributed by atoms with Crippen LogP contribution >= 0.6 is 0 Å². The highest BCUT2D eigenvalue weighted by Gasteiger charge is 2.14. The molecule has 0 unspecified atom stereocenters. The number of unbranched alkanes of at least 4 members (excludes halogenated alkanes) is 3. The molecule has 4 aromatic rings. The van der Waals surface area contributed by atoms with Gasteiger partial charge in [-0.15, -0.1) is 0 Å². The van der Waals surface area contributed by atoms with Gasteiger partial charge in [-0.2, -0.15) is 0 Å². The third-order valence-corrected chi connectivity index (χ3v) is 5.06. The van der Waals surface area contributed by atoms with E-state index in [9.17, 15) is 0 Å². The van der Waals surface area contributed by atoms with E-state index in [1.165, 1.54) is 25.7 Å². The van der Waals surface area contributed by atoms with Crippen LogP contribution < -0.4 is 5.32 Å². The summed E-state index contributed by atoms with van der Waals surface area (Å²) in [5, 5.41) is 3.55. The van der Waals surface area contributed by atoms with Crippen molar-refractivity contribution in [2.24, 2.45) is 0 Å². The van der Waals surface area contributed by atoms with Crippen molar-refractivity contribution in [3.8, 4) is 17.1 Å². The number of rotatable bonds is 8. The van der Waals surface area contributed by atoms with Gasteiger partial charge >= 0.3 is 0 Å². The van der Waals surface area contributed by atoms with Crippen molar-refractivity contribution in [3.63, 3.8) is 0 Å². The molecule has 0 atom stereocenters. The van der Waals surface area contributed by atoms with Crippen molar-refractivity contribution in [2.75, 3.05) is 11.9 Å². The highest BCUT2D eigenvalue weighted by molar-refractivity contribution is 5.86. The summed E-state index contributed by atoms with van der Waals surface area (Å²) in [7, 11) is 0. The van der Waals surface area contributed by atoms with Crippen LogP contribution in [0, 0.1) is 0 Å². The Bertz CT molecular complexity index is 1020. The third kappa shape index (κ3) is 3.94. The van der Waals surface area contributed by atoms with Crippen molar-refractivity contribution >= 4 is 16.7 Å². The molecule has 0 saturated carbocycles. The first-order valence-electron chi connectivity index (χ1n) is 10.2. The molecule has 4 rings (SSSR count). The van der Waals surface area contributed by atoms with Crippen LogP contribution in [0.3, 0.4) is 0 Å². The molecule has 0 saturated heterocycles. The number of hydrogen-bond donors (Lipinski definition) is 1. The minimum atomic E-state index is 0.974. The number of benzene rings is 3. The first-order chi connectivity index (χ1) is 13.9. The van der Waals surface area contributed by atoms with Gasteiger partial charge in [0.05, 0.1) is 11.0 Å². The van der Waals surface area contributed by atoms with E-state index in [1.807, 2.05) is 12.1 Å². The predicted octanol–water partition coefficient (Wildman–Crippen LogP) is 6.68. The molecule has 0 aliphatic heterocycles. The van der Waals surface area contributed by atoms with Gasteiger partial charge < -0.3 is 5.32 Å². The van der Waals surface area contributed by atoms with E-state index in [0.29, 0.717) is 0 Å². The van der Waals surface area contributed by atoms with E-state index < -0.39 is 0 Å². The normalized spacial score (nSPS) is 11.0. The summed E-state index contributed by atoms with van der Waals surface area (Å²) in [5.41, 5.74) is 5.53. The Hall–Kier alpha value is -3.07. The monoisotopic (exact) mass is 369 g/mol. The van der Waals surface area contributed by atoms with Crippen molar-refractivity contribution < 1.29 is 0 Å². The molecule has 3 nitrogen and oxygen atoms in total. The number of fused-ring (bicyclic) bond motifs is 1. The number of hydrogen-bond acceptors (Lipinski definition) is 2. The molecule has 0 fully saturated rings. The lowest BCUT2D eigenvalue weighted by molar-refractivity contribution is 0.685. The highest BCUT2D eigenvalue weighted by atomic mass is 15.1. The fourth-order valence-corrected chi connectivity index (χ4v) is 3.59. The molecule has 0 aliphatic rings. The lowest BCUT2D eigenvalue weighted by Gasteiger charge is -2.10. The average molecular weight is 370 g/mol. The van der Waals surface area contributed by atoms with E-state index in [-0.39, 0.29) is 0 Å². The Balaban J connectivity index is 1.71. The molecular weight excluding hydrogens is 342 g/mol. The van der Waals surface area contributed by atoms with Gasteiger partial charge in [0, 0.05) is 23.5 Å². The van der Waals surface area contributed by atoms with E-state index in [0.717, 1.165) is 40.3 Å². The first kappa shape index (κ1) is 18.3. The number of nitrogens with one attached hydrogen (secondary N) is 1. The molecule has 1 aromatic heterocycles. The van der Waals surface area contributed by atoms with Crippen LogP contribution in [0.4, 0.5) is 5.69 Å². The Kier molecular flexibility index (Phi) is 5.72. The summed E-state index contributed by atoms with van der Waals surface area (Å²) in [6, 6.07) is 27.4. The number of anilines is 1. The quantitative estimate of drug-likeness (QED) is 0.351. The molecule has 1 heterocycles. The second kappa shape index (κ2) is 8.75. The fourth-order valence-electron chi connectivity index (χ4n) is 3.59. The Morgan fingerprint density at radius 3 is 2.32 bits per heavy atom. The van der Waals surface area contributed by atoms with E-state index >= 15 is 0 Å². The summed E-state index contributed by atoms with van der Waals surface area (Å²) in [6.45, 7) is 3.26. The van der Waals surface area contributed by atoms with Crippen LogP contribution in [-0.4, -0.2) is 16.1 Å². The summed E-state index contributed by atoms with van der Waals surface area (Å²) >= 11 is 0. The Labute approximate surface area is 167 Å². The minimum Gasteiger partial charge on any atom is -0.385 e. The zero-order valence-electron chi connectivity index (χ0n) is 16.4. The number of nitrogens with zero attached hydrogens (tertiary/aromatic N) is 2. The average Bonchev–Trinajstić information content (AvgIpc) is 3.13. The molecule has 3 aromatic carbocycles. The molecule has 3 heteroatoms. The highest BCUT2D eigenvalue weighted by Crippen LogP contribution is 2.30. The Morgan fingerprint density at radius 2 is 1.57 bits per heavy atom. The van der Waals surface area contributed by atoms with Crippen LogP contribution in [0.2, 0.25) is 0 Å². The summed E-state index contributed by atoms with van der Waals surface area (Å²) in [6.07, 6.45) is 5.07. The number of para-hydroxylation sites is 1. The number of aromatic nitrogens is 2. The standard InChI is InChI=1S/C25H27N3/c1-2-3-4-11-18-26-21-16-17-24-23(19-21)27-25(20-12-7-5-8-13-20)28(24)22-14-9-6-10-15-22/h5-10,12-17,19,26H,2-4,11,18H2,1H3. The van der Waals surface area contributed by atoms with Gasteiger partial charge in [-0.1, -0.05) is 74.7 Å². The van der Waals surface area contributed by atoms with E-state index in [2.05, 4.69) is 83.5 Å². The van der Waals surface area contributed by atoms with Crippen LogP contribution in [0.25, 0.3) is 28.1 Å². The van der Waals surface area contributed by atoms with Crippen LogP contribution in [-0.2, 0) is 0 Å². The SMILES string of the molecule is CCCCCCNc1ccc2c(c1)nc(-c1ccccc1)n2-c1ccccc1. The topological polar surface area (TPSA) is 29.9 Å². The lowest BCUT2D eigenvalue weighted by atomic mass is 10.2. The van der Waals surface area contributed by atoms with Crippen LogP contribution in [0.15, 0.2) is 78.9 Å². The van der Waals surface area contributed by atoms with Gasteiger partial charge in [0.25, 0.3) is 0 Å². The van der Waals surface area contributed by atoms with Crippen molar-refractivity contribution in [1.29, 1.82) is 0 Å². The Morgan fingerprint density at radius 1 is 0.821 bits per heavy atom. The van der Waals surface area contributed by atoms with Crippen molar-refractivity contribution in [3.05, 3.63) is 78.9 Å². The molecule has 0 aliphatic carbocycles. The largest absolute Gasteiger partial charge is 0.385 e. The van der Waals surface area contributed by atoms with Gasteiger partial charge in [0.15, 0.2) is 0 Å². The van der Waals surface area contributed by atoms with E-state index in [4.69, 9.17) is 4.98 Å². The maximum Gasteiger partial charge on any atom is 0.145 e. The molecule has 1 N–H and O–H groups in total. The van der Waals surface area contributed by atoms with Crippen molar-refractivity contribution in [2.45, 2.75) is 32.6 Å². The lowest BCUT2D eigenvalue weighted by Crippen LogP contribution is -2.01. The summed E-state index contributed by atoms with van der Waals surface area (Å²) in [5.74, 6) is 0.974. The molecule has 0 radical (unpaired) electrons. The second-order valence-electron chi connectivity index (χ2n) is 7.16. The third-order valence-electron chi connectivity index (χ3n) is 5.06. The zero-order valence-corrected chi connectivity index (χ0v) is 16.4. The second-order valence-corrected chi connectivity index (χ2v) is 7.16. The molecular formula is C25H27N3. The van der Waals surface area contributed by atoms with Crippen LogP contribution in [0.5, 0.6) is 0 Å².